The zero-order chi connectivity index (χ0) is 21.4. The fraction of sp³-hybridized carbons (Fsp3) is 0.250. The molecule has 2 rings (SSSR count). The van der Waals surface area contributed by atoms with E-state index in [1.807, 2.05) is 19.1 Å². The summed E-state index contributed by atoms with van der Waals surface area (Å²) < 4.78 is 42.3. The average Bonchev–Trinajstić information content (AvgIpc) is 2.70. The second-order valence-corrected chi connectivity index (χ2v) is 6.02. The maximum atomic E-state index is 12.5. The van der Waals surface area contributed by atoms with Gasteiger partial charge in [0.2, 0.25) is 0 Å². The first-order chi connectivity index (χ1) is 13.7. The predicted molar refractivity (Wildman–Crippen MR) is 99.2 cm³/mol. The SMILES string of the molecule is CCc1ccc(NC(=O)COC(=O)CNC(=O)c2ccc(C(F)(F)F)cc2)cc1. The van der Waals surface area contributed by atoms with Gasteiger partial charge in [0, 0.05) is 11.3 Å². The van der Waals surface area contributed by atoms with Crippen molar-refractivity contribution in [2.75, 3.05) is 18.5 Å². The Morgan fingerprint density at radius 3 is 2.14 bits per heavy atom. The van der Waals surface area contributed by atoms with Crippen LogP contribution >= 0.6 is 0 Å². The first-order valence-corrected chi connectivity index (χ1v) is 8.69. The predicted octanol–water partition coefficient (Wildman–Crippen LogP) is 3.18. The minimum absolute atomic E-state index is 0.0425. The molecule has 2 aromatic rings. The van der Waals surface area contributed by atoms with E-state index in [0.29, 0.717) is 5.69 Å². The van der Waals surface area contributed by atoms with Gasteiger partial charge in [-0.3, -0.25) is 14.4 Å². The number of carbonyl (C=O) groups is 3. The molecule has 0 unspecified atom stereocenters. The van der Waals surface area contributed by atoms with Crippen molar-refractivity contribution in [3.05, 3.63) is 65.2 Å². The molecule has 0 bridgehead atoms. The highest BCUT2D eigenvalue weighted by Gasteiger charge is 2.30. The van der Waals surface area contributed by atoms with Crippen molar-refractivity contribution >= 4 is 23.5 Å². The van der Waals surface area contributed by atoms with Gasteiger partial charge in [0.25, 0.3) is 11.8 Å². The summed E-state index contributed by atoms with van der Waals surface area (Å²) in [6, 6.07) is 10.7. The van der Waals surface area contributed by atoms with Crippen LogP contribution in [0.4, 0.5) is 18.9 Å². The van der Waals surface area contributed by atoms with E-state index in [4.69, 9.17) is 4.74 Å². The summed E-state index contributed by atoms with van der Waals surface area (Å²) in [5, 5.41) is 4.78. The molecule has 0 radical (unpaired) electrons. The molecule has 2 N–H and O–H groups in total. The highest BCUT2D eigenvalue weighted by molar-refractivity contribution is 5.96. The molecule has 0 heterocycles. The monoisotopic (exact) mass is 408 g/mol. The molecule has 0 aromatic heterocycles. The molecule has 9 heteroatoms. The molecule has 29 heavy (non-hydrogen) atoms. The topological polar surface area (TPSA) is 84.5 Å². The van der Waals surface area contributed by atoms with E-state index in [0.717, 1.165) is 36.2 Å². The molecule has 154 valence electrons. The molecule has 0 aliphatic heterocycles. The molecule has 0 saturated carbocycles. The van der Waals surface area contributed by atoms with E-state index < -0.39 is 42.7 Å². The summed E-state index contributed by atoms with van der Waals surface area (Å²) >= 11 is 0. The first-order valence-electron chi connectivity index (χ1n) is 8.69. The Balaban J connectivity index is 1.74. The fourth-order valence-corrected chi connectivity index (χ4v) is 2.28. The van der Waals surface area contributed by atoms with Crippen LogP contribution in [0.25, 0.3) is 0 Å². The maximum Gasteiger partial charge on any atom is 0.416 e. The summed E-state index contributed by atoms with van der Waals surface area (Å²) in [5.41, 5.74) is 0.736. The first kappa shape index (κ1) is 21.9. The van der Waals surface area contributed by atoms with Gasteiger partial charge in [-0.1, -0.05) is 19.1 Å². The third kappa shape index (κ3) is 6.95. The van der Waals surface area contributed by atoms with Gasteiger partial charge in [-0.2, -0.15) is 13.2 Å². The molecule has 0 saturated heterocycles. The highest BCUT2D eigenvalue weighted by atomic mass is 19.4. The van der Waals surface area contributed by atoms with E-state index in [1.54, 1.807) is 12.1 Å². The van der Waals surface area contributed by atoms with Crippen molar-refractivity contribution in [3.63, 3.8) is 0 Å². The Morgan fingerprint density at radius 1 is 0.966 bits per heavy atom. The smallest absolute Gasteiger partial charge is 0.416 e. The van der Waals surface area contributed by atoms with Crippen LogP contribution in [0.15, 0.2) is 48.5 Å². The van der Waals surface area contributed by atoms with Gasteiger partial charge in [-0.05, 0) is 48.4 Å². The molecule has 0 spiro atoms. The lowest BCUT2D eigenvalue weighted by atomic mass is 10.1. The van der Waals surface area contributed by atoms with Crippen LogP contribution in [0, 0.1) is 0 Å². The lowest BCUT2D eigenvalue weighted by Crippen LogP contribution is -2.32. The van der Waals surface area contributed by atoms with Crippen LogP contribution in [0.2, 0.25) is 0 Å². The number of halogens is 3. The quantitative estimate of drug-likeness (QED) is 0.690. The Kier molecular flexibility index (Phi) is 7.35. The van der Waals surface area contributed by atoms with E-state index in [1.165, 1.54) is 0 Å². The minimum atomic E-state index is -4.50. The zero-order valence-corrected chi connectivity index (χ0v) is 15.5. The van der Waals surface area contributed by atoms with Crippen molar-refractivity contribution in [3.8, 4) is 0 Å². The second-order valence-electron chi connectivity index (χ2n) is 6.02. The van der Waals surface area contributed by atoms with E-state index in [2.05, 4.69) is 10.6 Å². The van der Waals surface area contributed by atoms with Gasteiger partial charge in [0.1, 0.15) is 6.54 Å². The number of benzene rings is 2. The number of carbonyl (C=O) groups excluding carboxylic acids is 3. The molecule has 0 aliphatic carbocycles. The highest BCUT2D eigenvalue weighted by Crippen LogP contribution is 2.29. The lowest BCUT2D eigenvalue weighted by Gasteiger charge is -2.09. The van der Waals surface area contributed by atoms with Crippen LogP contribution in [-0.4, -0.2) is 30.9 Å². The number of rotatable bonds is 7. The van der Waals surface area contributed by atoms with Crippen molar-refractivity contribution in [1.82, 2.24) is 5.32 Å². The summed E-state index contributed by atoms with van der Waals surface area (Å²) in [6.45, 7) is 0.937. The minimum Gasteiger partial charge on any atom is -0.454 e. The average molecular weight is 408 g/mol. The second kappa shape index (κ2) is 9.72. The molecular weight excluding hydrogens is 389 g/mol. The lowest BCUT2D eigenvalue weighted by molar-refractivity contribution is -0.146. The van der Waals surface area contributed by atoms with Gasteiger partial charge in [-0.25, -0.2) is 0 Å². The van der Waals surface area contributed by atoms with Gasteiger partial charge >= 0.3 is 12.1 Å². The Labute approximate surface area is 165 Å². The number of aryl methyl sites for hydroxylation is 1. The molecule has 0 fully saturated rings. The summed E-state index contributed by atoms with van der Waals surface area (Å²) in [4.78, 5) is 35.3. The van der Waals surface area contributed by atoms with E-state index in [9.17, 15) is 27.6 Å². The number of hydrogen-bond donors (Lipinski definition) is 2. The van der Waals surface area contributed by atoms with Crippen LogP contribution in [0.1, 0.15) is 28.4 Å². The number of alkyl halides is 3. The zero-order valence-electron chi connectivity index (χ0n) is 15.5. The van der Waals surface area contributed by atoms with Crippen molar-refractivity contribution in [2.24, 2.45) is 0 Å². The summed E-state index contributed by atoms with van der Waals surface area (Å²) in [6.07, 6.45) is -3.64. The third-order valence-electron chi connectivity index (χ3n) is 3.88. The largest absolute Gasteiger partial charge is 0.454 e. The molecule has 0 aliphatic rings. The normalized spacial score (nSPS) is 10.9. The Bertz CT molecular complexity index is 863. The van der Waals surface area contributed by atoms with Crippen LogP contribution in [-0.2, 0) is 26.9 Å². The maximum absolute atomic E-state index is 12.5. The number of amides is 2. The van der Waals surface area contributed by atoms with E-state index >= 15 is 0 Å². The van der Waals surface area contributed by atoms with Gasteiger partial charge in [0.05, 0.1) is 5.56 Å². The Hall–Kier alpha value is -3.36. The standard InChI is InChI=1S/C20H19F3N2O4/c1-2-13-3-9-16(10-4-13)25-17(26)12-29-18(27)11-24-19(28)14-5-7-15(8-6-14)20(21,22)23/h3-10H,2,11-12H2,1H3,(H,24,28)(H,25,26). The molecule has 2 aromatic carbocycles. The number of esters is 1. The number of nitrogens with one attached hydrogen (secondary N) is 2. The van der Waals surface area contributed by atoms with Gasteiger partial charge in [-0.15, -0.1) is 0 Å². The fourth-order valence-electron chi connectivity index (χ4n) is 2.28. The molecule has 2 amide bonds. The van der Waals surface area contributed by atoms with Crippen molar-refractivity contribution in [1.29, 1.82) is 0 Å². The van der Waals surface area contributed by atoms with Crippen LogP contribution < -0.4 is 10.6 Å². The summed E-state index contributed by atoms with van der Waals surface area (Å²) in [5.74, 6) is -2.14. The summed E-state index contributed by atoms with van der Waals surface area (Å²) in [7, 11) is 0. The van der Waals surface area contributed by atoms with Crippen LogP contribution in [0.5, 0.6) is 0 Å². The van der Waals surface area contributed by atoms with Gasteiger partial charge < -0.3 is 15.4 Å². The van der Waals surface area contributed by atoms with E-state index in [-0.39, 0.29) is 5.56 Å². The number of ether oxygens (including phenoxy) is 1. The van der Waals surface area contributed by atoms with Crippen molar-refractivity contribution in [2.45, 2.75) is 19.5 Å². The molecule has 6 nitrogen and oxygen atoms in total. The number of anilines is 1. The number of hydrogen-bond acceptors (Lipinski definition) is 4. The Morgan fingerprint density at radius 2 is 1.59 bits per heavy atom. The van der Waals surface area contributed by atoms with Crippen LogP contribution in [0.3, 0.4) is 0 Å². The van der Waals surface area contributed by atoms with Crippen molar-refractivity contribution < 1.29 is 32.3 Å². The molecular formula is C20H19F3N2O4. The third-order valence-corrected chi connectivity index (χ3v) is 3.88. The molecule has 0 atom stereocenters. The van der Waals surface area contributed by atoms with Gasteiger partial charge in [0.15, 0.2) is 6.61 Å².